The third kappa shape index (κ3) is 3.14. The number of carbonyl (C=O) groups excluding carboxylic acids is 1. The summed E-state index contributed by atoms with van der Waals surface area (Å²) in [5.74, 6) is -1.74. The Morgan fingerprint density at radius 2 is 2.14 bits per heavy atom. The zero-order chi connectivity index (χ0) is 16.5. The van der Waals surface area contributed by atoms with Crippen LogP contribution in [0.15, 0.2) is 15.6 Å². The molecule has 2 heterocycles. The van der Waals surface area contributed by atoms with Gasteiger partial charge in [-0.3, -0.25) is 9.59 Å². The molecule has 2 N–H and O–H groups in total. The lowest BCUT2D eigenvalue weighted by atomic mass is 9.98. The van der Waals surface area contributed by atoms with Gasteiger partial charge in [0.05, 0.1) is 11.5 Å². The Hall–Kier alpha value is -1.87. The third-order valence-electron chi connectivity index (χ3n) is 3.72. The first-order chi connectivity index (χ1) is 10.3. The summed E-state index contributed by atoms with van der Waals surface area (Å²) in [6.07, 6.45) is 1.13. The fourth-order valence-electron chi connectivity index (χ4n) is 2.43. The number of furan rings is 1. The summed E-state index contributed by atoms with van der Waals surface area (Å²) in [5, 5.41) is 8.73. The number of carboxylic acids is 1. The van der Waals surface area contributed by atoms with Gasteiger partial charge in [0.25, 0.3) is 15.9 Å². The van der Waals surface area contributed by atoms with Crippen LogP contribution in [0.25, 0.3) is 0 Å². The van der Waals surface area contributed by atoms with Crippen LogP contribution < -0.4 is 4.72 Å². The molecule has 0 bridgehead atoms. The molecule has 0 radical (unpaired) electrons. The van der Waals surface area contributed by atoms with Crippen molar-refractivity contribution in [3.05, 3.63) is 17.4 Å². The highest BCUT2D eigenvalue weighted by atomic mass is 32.2. The van der Waals surface area contributed by atoms with Gasteiger partial charge in [-0.2, -0.15) is 0 Å². The number of sulfonamides is 1. The van der Waals surface area contributed by atoms with Crippen molar-refractivity contribution >= 4 is 21.9 Å². The highest BCUT2D eigenvalue weighted by molar-refractivity contribution is 7.89. The van der Waals surface area contributed by atoms with E-state index in [2.05, 4.69) is 4.72 Å². The lowest BCUT2D eigenvalue weighted by Crippen LogP contribution is -2.42. The maximum atomic E-state index is 12.5. The van der Waals surface area contributed by atoms with Crippen molar-refractivity contribution < 1.29 is 27.5 Å². The maximum Gasteiger partial charge on any atom is 0.308 e. The number of carboxylic acid groups (broad SMARTS) is 1. The van der Waals surface area contributed by atoms with Gasteiger partial charge in [0, 0.05) is 19.2 Å². The molecular formula is C13H18N2O6S. The highest BCUT2D eigenvalue weighted by Gasteiger charge is 2.31. The topological polar surface area (TPSA) is 117 Å². The lowest BCUT2D eigenvalue weighted by molar-refractivity contribution is -0.143. The fraction of sp³-hybridized carbons (Fsp3) is 0.538. The summed E-state index contributed by atoms with van der Waals surface area (Å²) < 4.78 is 30.7. The Kier molecular flexibility index (Phi) is 4.57. The zero-order valence-electron chi connectivity index (χ0n) is 12.3. The van der Waals surface area contributed by atoms with E-state index in [1.807, 2.05) is 0 Å². The Morgan fingerprint density at radius 1 is 1.45 bits per heavy atom. The fourth-order valence-corrected chi connectivity index (χ4v) is 3.14. The minimum Gasteiger partial charge on any atom is -0.481 e. The van der Waals surface area contributed by atoms with E-state index in [0.29, 0.717) is 19.4 Å². The normalized spacial score (nSPS) is 19.2. The predicted molar refractivity (Wildman–Crippen MR) is 76.0 cm³/mol. The third-order valence-corrected chi connectivity index (χ3v) is 4.99. The van der Waals surface area contributed by atoms with Crippen LogP contribution in [0.5, 0.6) is 0 Å². The van der Waals surface area contributed by atoms with Gasteiger partial charge in [-0.05, 0) is 26.8 Å². The molecule has 2 rings (SSSR count). The monoisotopic (exact) mass is 330 g/mol. The van der Waals surface area contributed by atoms with Crippen molar-refractivity contribution in [1.82, 2.24) is 9.62 Å². The quantitative estimate of drug-likeness (QED) is 0.827. The molecule has 1 aliphatic rings. The molecule has 0 saturated carbocycles. The first kappa shape index (κ1) is 16.5. The smallest absolute Gasteiger partial charge is 0.308 e. The maximum absolute atomic E-state index is 12.5. The van der Waals surface area contributed by atoms with Crippen LogP contribution in [0, 0.1) is 12.8 Å². The molecule has 1 amide bonds. The number of carbonyl (C=O) groups is 2. The number of aliphatic carboxylic acids is 1. The zero-order valence-corrected chi connectivity index (χ0v) is 13.1. The number of nitrogens with zero attached hydrogens (tertiary/aromatic N) is 1. The van der Waals surface area contributed by atoms with Gasteiger partial charge >= 0.3 is 5.97 Å². The molecule has 0 aliphatic carbocycles. The number of aryl methyl sites for hydroxylation is 1. The summed E-state index contributed by atoms with van der Waals surface area (Å²) in [6.45, 7) is 2.06. The molecule has 1 saturated heterocycles. The van der Waals surface area contributed by atoms with Crippen molar-refractivity contribution in [2.24, 2.45) is 5.92 Å². The van der Waals surface area contributed by atoms with Gasteiger partial charge in [-0.15, -0.1) is 0 Å². The summed E-state index contributed by atoms with van der Waals surface area (Å²) in [5.41, 5.74) is 0.139. The number of nitrogens with one attached hydrogen (secondary N) is 1. The van der Waals surface area contributed by atoms with Crippen molar-refractivity contribution in [2.45, 2.75) is 24.9 Å². The van der Waals surface area contributed by atoms with E-state index in [4.69, 9.17) is 9.52 Å². The number of piperidine rings is 1. The second-order valence-corrected chi connectivity index (χ2v) is 6.99. The number of hydrogen-bond acceptors (Lipinski definition) is 5. The molecule has 22 heavy (non-hydrogen) atoms. The van der Waals surface area contributed by atoms with Gasteiger partial charge < -0.3 is 14.4 Å². The Morgan fingerprint density at radius 3 is 2.73 bits per heavy atom. The molecule has 0 unspecified atom stereocenters. The van der Waals surface area contributed by atoms with Crippen LogP contribution in [0.1, 0.15) is 29.0 Å². The molecule has 1 aromatic heterocycles. The van der Waals surface area contributed by atoms with Crippen LogP contribution >= 0.6 is 0 Å². The molecule has 1 fully saturated rings. The Balaban J connectivity index is 2.25. The first-order valence-corrected chi connectivity index (χ1v) is 8.30. The Labute approximate surface area is 128 Å². The molecule has 1 aromatic rings. The summed E-state index contributed by atoms with van der Waals surface area (Å²) in [6, 6.07) is 1.17. The van der Waals surface area contributed by atoms with Gasteiger partial charge in [-0.25, -0.2) is 13.1 Å². The molecule has 1 atom stereocenters. The first-order valence-electron chi connectivity index (χ1n) is 6.82. The van der Waals surface area contributed by atoms with Crippen molar-refractivity contribution in [3.8, 4) is 0 Å². The summed E-state index contributed by atoms with van der Waals surface area (Å²) >= 11 is 0. The van der Waals surface area contributed by atoms with Crippen LogP contribution in [0.2, 0.25) is 0 Å². The van der Waals surface area contributed by atoms with Crippen LogP contribution in [-0.2, 0) is 14.8 Å². The molecule has 8 nitrogen and oxygen atoms in total. The standard InChI is InChI=1S/C13H18N2O6S/c1-8-10(6-11(21-8)22(19,20)14-2)12(16)15-5-3-4-9(7-15)13(17)18/h6,9,14H,3-5,7H2,1-2H3,(H,17,18)/t9-/m0/s1. The van der Waals surface area contributed by atoms with E-state index >= 15 is 0 Å². The summed E-state index contributed by atoms with van der Waals surface area (Å²) in [7, 11) is -2.52. The van der Waals surface area contributed by atoms with Gasteiger partial charge in [0.2, 0.25) is 5.09 Å². The van der Waals surface area contributed by atoms with Gasteiger partial charge in [-0.1, -0.05) is 0 Å². The number of likely N-dealkylation sites (tertiary alicyclic amines) is 1. The van der Waals surface area contributed by atoms with Crippen LogP contribution in [0.3, 0.4) is 0 Å². The average Bonchev–Trinajstić information content (AvgIpc) is 2.89. The van der Waals surface area contributed by atoms with Crippen LogP contribution in [-0.4, -0.2) is 50.4 Å². The largest absolute Gasteiger partial charge is 0.481 e. The van der Waals surface area contributed by atoms with E-state index < -0.39 is 27.8 Å². The van der Waals surface area contributed by atoms with Crippen LogP contribution in [0.4, 0.5) is 0 Å². The highest BCUT2D eigenvalue weighted by Crippen LogP contribution is 2.23. The average molecular weight is 330 g/mol. The van der Waals surface area contributed by atoms with E-state index in [0.717, 1.165) is 0 Å². The lowest BCUT2D eigenvalue weighted by Gasteiger charge is -2.30. The minimum atomic E-state index is -3.77. The second kappa shape index (κ2) is 6.09. The molecular weight excluding hydrogens is 312 g/mol. The molecule has 122 valence electrons. The van der Waals surface area contributed by atoms with Gasteiger partial charge in [0.15, 0.2) is 0 Å². The van der Waals surface area contributed by atoms with Gasteiger partial charge in [0.1, 0.15) is 5.76 Å². The second-order valence-electron chi connectivity index (χ2n) is 5.17. The van der Waals surface area contributed by atoms with E-state index in [1.54, 1.807) is 0 Å². The van der Waals surface area contributed by atoms with E-state index in [9.17, 15) is 18.0 Å². The molecule has 9 heteroatoms. The molecule has 0 aromatic carbocycles. The Bertz CT molecular complexity index is 693. The van der Waals surface area contributed by atoms with Crippen molar-refractivity contribution in [3.63, 3.8) is 0 Å². The molecule has 1 aliphatic heterocycles. The predicted octanol–water partition coefficient (Wildman–Crippen LogP) is 0.433. The van der Waals surface area contributed by atoms with Crippen molar-refractivity contribution in [1.29, 1.82) is 0 Å². The number of hydrogen-bond donors (Lipinski definition) is 2. The van der Waals surface area contributed by atoms with E-state index in [-0.39, 0.29) is 23.0 Å². The summed E-state index contributed by atoms with van der Waals surface area (Å²) in [4.78, 5) is 25.0. The minimum absolute atomic E-state index is 0.118. The SMILES string of the molecule is CNS(=O)(=O)c1cc(C(=O)N2CCC[C@H](C(=O)O)C2)c(C)o1. The van der Waals surface area contributed by atoms with E-state index in [1.165, 1.54) is 24.9 Å². The van der Waals surface area contributed by atoms with Crippen molar-refractivity contribution in [2.75, 3.05) is 20.1 Å². The number of amides is 1. The molecule has 0 spiro atoms. The number of rotatable bonds is 4.